The summed E-state index contributed by atoms with van der Waals surface area (Å²) in [5.74, 6) is 1.33. The van der Waals surface area contributed by atoms with E-state index in [-0.39, 0.29) is 0 Å². The van der Waals surface area contributed by atoms with Crippen LogP contribution in [0.5, 0.6) is 5.75 Å². The molecule has 0 heterocycles. The summed E-state index contributed by atoms with van der Waals surface area (Å²) in [6.45, 7) is 5.10. The largest absolute Gasteiger partial charge is 0.491 e. The first kappa shape index (κ1) is 12.0. The van der Waals surface area contributed by atoms with Gasteiger partial charge < -0.3 is 15.6 Å². The molecule has 1 atom stereocenters. The summed E-state index contributed by atoms with van der Waals surface area (Å²) in [4.78, 5) is 0. The topological polar surface area (TPSA) is 57.1 Å². The molecule has 1 rings (SSSR count). The molecule has 0 fully saturated rings. The second-order valence-electron chi connectivity index (χ2n) is 3.98. The highest BCUT2D eigenvalue weighted by Crippen LogP contribution is 2.18. The number of ether oxygens (including phenoxy) is 1. The van der Waals surface area contributed by atoms with Gasteiger partial charge in [0.15, 0.2) is 0 Å². The Morgan fingerprint density at radius 1 is 1.27 bits per heavy atom. The summed E-state index contributed by atoms with van der Waals surface area (Å²) in [5.41, 5.74) is 4.90. The predicted molar refractivity (Wildman–Crippen MR) is 59.8 cm³/mol. The second-order valence-corrected chi connectivity index (χ2v) is 3.98. The van der Waals surface area contributed by atoms with E-state index in [2.05, 4.69) is 31.7 Å². The highest BCUT2D eigenvalue weighted by Gasteiger charge is 2.04. The zero-order valence-corrected chi connectivity index (χ0v) is 9.44. The van der Waals surface area contributed by atoms with Crippen LogP contribution in [-0.4, -0.2) is 24.4 Å². The first-order chi connectivity index (χ1) is 7.13. The third-order valence-corrected chi connectivity index (χ3v) is 2.32. The lowest BCUT2D eigenvalue weighted by atomic mass is 10.0. The zero-order chi connectivity index (χ0) is 11.3. The van der Waals surface area contributed by atoms with Crippen LogP contribution in [0.15, 0.2) is 24.3 Å². The fourth-order valence-electron chi connectivity index (χ4n) is 1.22. The van der Waals surface area contributed by atoms with Gasteiger partial charge in [-0.2, -0.15) is 0 Å². The first-order valence-corrected chi connectivity index (χ1v) is 5.33. The number of rotatable bonds is 5. The monoisotopic (exact) mass is 210 g/mol. The minimum atomic E-state index is -0.477. The lowest BCUT2D eigenvalue weighted by molar-refractivity contribution is -0.384. The average molecular weight is 210 g/mol. The maximum Gasteiger partial charge on any atom is 0.136 e. The van der Waals surface area contributed by atoms with Crippen molar-refractivity contribution in [1.29, 1.82) is 0 Å². The summed E-state index contributed by atoms with van der Waals surface area (Å²) in [6, 6.07) is 7.98. The number of aliphatic hydroxyl groups excluding tert-OH is 1. The maximum absolute atomic E-state index is 9.27. The van der Waals surface area contributed by atoms with Crippen LogP contribution in [0.3, 0.4) is 0 Å². The predicted octanol–water partition coefficient (Wildman–Crippen LogP) is 0.792. The van der Waals surface area contributed by atoms with Crippen molar-refractivity contribution in [3.63, 3.8) is 0 Å². The third kappa shape index (κ3) is 3.90. The Labute approximate surface area is 90.9 Å². The summed E-state index contributed by atoms with van der Waals surface area (Å²) in [6.07, 6.45) is -0.477. The molecule has 0 radical (unpaired) electrons. The van der Waals surface area contributed by atoms with Crippen molar-refractivity contribution in [2.45, 2.75) is 25.9 Å². The average Bonchev–Trinajstić information content (AvgIpc) is 2.26. The van der Waals surface area contributed by atoms with Crippen molar-refractivity contribution in [2.75, 3.05) is 13.2 Å². The van der Waals surface area contributed by atoms with Gasteiger partial charge in [0, 0.05) is 0 Å². The Balaban J connectivity index is 2.50. The van der Waals surface area contributed by atoms with E-state index in [4.69, 9.17) is 4.74 Å². The molecule has 84 valence electrons. The van der Waals surface area contributed by atoms with Gasteiger partial charge in [0.05, 0.1) is 0 Å². The lowest BCUT2D eigenvalue weighted by Gasteiger charge is -2.10. The van der Waals surface area contributed by atoms with Crippen LogP contribution in [0.25, 0.3) is 0 Å². The Hall–Kier alpha value is -1.06. The van der Waals surface area contributed by atoms with Crippen LogP contribution in [0, 0.1) is 0 Å². The van der Waals surface area contributed by atoms with Gasteiger partial charge >= 0.3 is 0 Å². The Morgan fingerprint density at radius 2 is 1.87 bits per heavy atom. The number of aliphatic hydroxyl groups is 1. The molecule has 0 unspecified atom stereocenters. The number of benzene rings is 1. The van der Waals surface area contributed by atoms with Gasteiger partial charge in [0.2, 0.25) is 0 Å². The number of hydrogen-bond acceptors (Lipinski definition) is 2. The smallest absolute Gasteiger partial charge is 0.136 e. The van der Waals surface area contributed by atoms with E-state index in [1.807, 2.05) is 12.1 Å². The Morgan fingerprint density at radius 3 is 2.33 bits per heavy atom. The molecular weight excluding hydrogens is 190 g/mol. The highest BCUT2D eigenvalue weighted by molar-refractivity contribution is 5.28. The van der Waals surface area contributed by atoms with Crippen molar-refractivity contribution in [2.24, 2.45) is 0 Å². The van der Waals surface area contributed by atoms with Crippen LogP contribution in [0.4, 0.5) is 0 Å². The van der Waals surface area contributed by atoms with Crippen molar-refractivity contribution in [3.8, 4) is 5.75 Å². The molecule has 0 aliphatic heterocycles. The molecule has 0 saturated carbocycles. The quantitative estimate of drug-likeness (QED) is 0.755. The zero-order valence-electron chi connectivity index (χ0n) is 9.44. The van der Waals surface area contributed by atoms with Gasteiger partial charge in [-0.05, 0) is 23.6 Å². The molecule has 0 aliphatic carbocycles. The van der Waals surface area contributed by atoms with Crippen LogP contribution < -0.4 is 10.5 Å². The van der Waals surface area contributed by atoms with Gasteiger partial charge in [-0.25, -0.2) is 0 Å². The summed E-state index contributed by atoms with van der Waals surface area (Å²) in [5, 5.41) is 9.27. The van der Waals surface area contributed by atoms with E-state index in [0.29, 0.717) is 19.1 Å². The third-order valence-electron chi connectivity index (χ3n) is 2.32. The molecule has 0 spiro atoms. The normalized spacial score (nSPS) is 12.9. The fraction of sp³-hybridized carbons (Fsp3) is 0.500. The molecule has 0 amide bonds. The van der Waals surface area contributed by atoms with E-state index >= 15 is 0 Å². The molecule has 3 heteroatoms. The maximum atomic E-state index is 9.27. The Kier molecular flexibility index (Phi) is 4.59. The number of quaternary nitrogens is 1. The van der Waals surface area contributed by atoms with Crippen molar-refractivity contribution < 1.29 is 15.6 Å². The highest BCUT2D eigenvalue weighted by atomic mass is 16.5. The SMILES string of the molecule is CC(C)c1ccc(OC[C@H](O)C[NH3+])cc1. The molecule has 0 aliphatic rings. The standard InChI is InChI=1S/C12H19NO2/c1-9(2)10-3-5-12(6-4-10)15-8-11(14)7-13/h3-6,9,11,14H,7-8,13H2,1-2H3/p+1/t11-/m1/s1. The van der Waals surface area contributed by atoms with Gasteiger partial charge in [0.1, 0.15) is 25.0 Å². The van der Waals surface area contributed by atoms with E-state index in [9.17, 15) is 5.11 Å². The van der Waals surface area contributed by atoms with Gasteiger partial charge in [-0.1, -0.05) is 26.0 Å². The van der Waals surface area contributed by atoms with Crippen LogP contribution in [-0.2, 0) is 0 Å². The van der Waals surface area contributed by atoms with E-state index in [1.165, 1.54) is 5.56 Å². The molecule has 0 bridgehead atoms. The van der Waals surface area contributed by atoms with Gasteiger partial charge in [-0.15, -0.1) is 0 Å². The summed E-state index contributed by atoms with van der Waals surface area (Å²) >= 11 is 0. The summed E-state index contributed by atoms with van der Waals surface area (Å²) < 4.78 is 5.40. The Bertz CT molecular complexity index is 282. The first-order valence-electron chi connectivity index (χ1n) is 5.33. The minimum absolute atomic E-state index is 0.310. The fourth-order valence-corrected chi connectivity index (χ4v) is 1.22. The van der Waals surface area contributed by atoms with Crippen molar-refractivity contribution in [1.82, 2.24) is 0 Å². The van der Waals surface area contributed by atoms with E-state index < -0.39 is 6.10 Å². The molecule has 3 nitrogen and oxygen atoms in total. The molecular formula is C12H20NO2+. The van der Waals surface area contributed by atoms with Crippen molar-refractivity contribution >= 4 is 0 Å². The van der Waals surface area contributed by atoms with E-state index in [1.54, 1.807) is 0 Å². The molecule has 15 heavy (non-hydrogen) atoms. The molecule has 4 N–H and O–H groups in total. The van der Waals surface area contributed by atoms with E-state index in [0.717, 1.165) is 5.75 Å². The van der Waals surface area contributed by atoms with Crippen LogP contribution >= 0.6 is 0 Å². The van der Waals surface area contributed by atoms with Crippen LogP contribution in [0.2, 0.25) is 0 Å². The summed E-state index contributed by atoms with van der Waals surface area (Å²) in [7, 11) is 0. The second kappa shape index (κ2) is 5.73. The molecule has 0 saturated heterocycles. The molecule has 1 aromatic rings. The molecule has 0 aromatic heterocycles. The van der Waals surface area contributed by atoms with Crippen LogP contribution in [0.1, 0.15) is 25.3 Å². The van der Waals surface area contributed by atoms with Crippen molar-refractivity contribution in [3.05, 3.63) is 29.8 Å². The lowest BCUT2D eigenvalue weighted by Crippen LogP contribution is -2.56. The van der Waals surface area contributed by atoms with Gasteiger partial charge in [0.25, 0.3) is 0 Å². The molecule has 1 aromatic carbocycles. The number of hydrogen-bond donors (Lipinski definition) is 2. The minimum Gasteiger partial charge on any atom is -0.491 e. The van der Waals surface area contributed by atoms with Gasteiger partial charge in [-0.3, -0.25) is 0 Å².